The van der Waals surface area contributed by atoms with E-state index in [0.717, 1.165) is 4.68 Å². The molecule has 2 aromatic rings. The number of rotatable bonds is 1. The molecule has 2 rings (SSSR count). The number of fused-ring (bicyclic) bond motifs is 1. The molecule has 7 nitrogen and oxygen atoms in total. The monoisotopic (exact) mass is 208 g/mol. The molecule has 0 radical (unpaired) electrons. The molecule has 0 saturated heterocycles. The number of nitrogens with zero attached hydrogens (tertiary/aromatic N) is 3. The van der Waals surface area contributed by atoms with E-state index in [2.05, 4.69) is 10.3 Å². The summed E-state index contributed by atoms with van der Waals surface area (Å²) < 4.78 is 1.07. The normalized spacial score (nSPS) is 13.0. The van der Waals surface area contributed by atoms with E-state index in [0.29, 0.717) is 11.0 Å². The van der Waals surface area contributed by atoms with E-state index in [-0.39, 0.29) is 11.6 Å². The molecular weight excluding hydrogens is 200 g/mol. The maximum absolute atomic E-state index is 11.1. The molecule has 0 aliphatic heterocycles. The van der Waals surface area contributed by atoms with Crippen LogP contribution < -0.4 is 5.23 Å². The summed E-state index contributed by atoms with van der Waals surface area (Å²) in [4.78, 5) is 11.1. The Morgan fingerprint density at radius 1 is 1.60 bits per heavy atom. The minimum Gasteiger partial charge on any atom is -0.595 e. The molecule has 0 aliphatic carbocycles. The van der Waals surface area contributed by atoms with Crippen molar-refractivity contribution >= 4 is 22.6 Å². The van der Waals surface area contributed by atoms with Crippen molar-refractivity contribution in [1.82, 2.24) is 15.0 Å². The third-order valence-corrected chi connectivity index (χ3v) is 1.99. The van der Waals surface area contributed by atoms with Crippen LogP contribution in [0.4, 0.5) is 5.69 Å². The van der Waals surface area contributed by atoms with Crippen LogP contribution in [-0.2, 0) is 0 Å². The van der Waals surface area contributed by atoms with Crippen molar-refractivity contribution in [3.8, 4) is 0 Å². The van der Waals surface area contributed by atoms with Gasteiger partial charge in [0.05, 0.1) is 0 Å². The Bertz CT molecular complexity index is 520. The molecule has 0 aliphatic rings. The van der Waals surface area contributed by atoms with Crippen molar-refractivity contribution in [2.75, 3.05) is 0 Å². The van der Waals surface area contributed by atoms with Crippen LogP contribution >= 0.6 is 0 Å². The van der Waals surface area contributed by atoms with Gasteiger partial charge in [-0.2, -0.15) is 9.91 Å². The van der Waals surface area contributed by atoms with Gasteiger partial charge in [-0.3, -0.25) is 4.79 Å². The first kappa shape index (κ1) is 9.71. The Kier molecular flexibility index (Phi) is 2.19. The molecule has 1 aromatic carbocycles. The van der Waals surface area contributed by atoms with Crippen LogP contribution in [0.1, 0.15) is 11.7 Å². The molecule has 0 spiro atoms. The van der Waals surface area contributed by atoms with Crippen molar-refractivity contribution in [3.05, 3.63) is 23.4 Å². The topological polar surface area (TPSA) is 95.5 Å². The number of quaternary nitrogens is 1. The lowest BCUT2D eigenvalue weighted by Gasteiger charge is -2.10. The number of nitrogens with one attached hydrogen (secondary N) is 1. The number of aromatic nitrogens is 3. The van der Waals surface area contributed by atoms with Crippen LogP contribution in [0.25, 0.3) is 11.0 Å². The minimum absolute atomic E-state index is 0.104. The highest BCUT2D eigenvalue weighted by atomic mass is 16.8. The van der Waals surface area contributed by atoms with Gasteiger partial charge in [0.2, 0.25) is 5.91 Å². The fraction of sp³-hybridized carbons (Fsp3) is 0.125. The first-order valence-electron chi connectivity index (χ1n) is 4.19. The van der Waals surface area contributed by atoms with Gasteiger partial charge < -0.3 is 5.21 Å². The second-order valence-corrected chi connectivity index (χ2v) is 3.03. The predicted octanol–water partition coefficient (Wildman–Crippen LogP) is -0.505. The fourth-order valence-corrected chi connectivity index (χ4v) is 1.28. The highest BCUT2D eigenvalue weighted by Crippen LogP contribution is 2.14. The lowest BCUT2D eigenvalue weighted by molar-refractivity contribution is -0.991. The molecule has 0 amide bonds. The molecule has 0 saturated carbocycles. The maximum Gasteiger partial charge on any atom is 0.245 e. The SMILES string of the molecule is CC(=O)n1nnc2ccc([NH+]([O-])O)cc21. The maximum atomic E-state index is 11.1. The summed E-state index contributed by atoms with van der Waals surface area (Å²) >= 11 is 0. The summed E-state index contributed by atoms with van der Waals surface area (Å²) in [5.41, 5.74) is 1.00. The van der Waals surface area contributed by atoms with Crippen LogP contribution in [0.15, 0.2) is 18.2 Å². The number of hydrogen-bond acceptors (Lipinski definition) is 5. The second kappa shape index (κ2) is 3.39. The van der Waals surface area contributed by atoms with Crippen LogP contribution in [0, 0.1) is 5.21 Å². The molecule has 1 heterocycles. The van der Waals surface area contributed by atoms with Crippen LogP contribution in [-0.4, -0.2) is 26.1 Å². The molecular formula is C8H8N4O3. The highest BCUT2D eigenvalue weighted by Gasteiger charge is 2.10. The molecule has 78 valence electrons. The summed E-state index contributed by atoms with van der Waals surface area (Å²) in [6.07, 6.45) is 0. The van der Waals surface area contributed by atoms with Gasteiger partial charge in [-0.05, 0) is 6.07 Å². The predicted molar refractivity (Wildman–Crippen MR) is 49.6 cm³/mol. The smallest absolute Gasteiger partial charge is 0.245 e. The van der Waals surface area contributed by atoms with E-state index in [1.54, 1.807) is 0 Å². The van der Waals surface area contributed by atoms with Gasteiger partial charge in [0, 0.05) is 19.1 Å². The first-order chi connectivity index (χ1) is 7.09. The Morgan fingerprint density at radius 3 is 2.93 bits per heavy atom. The van der Waals surface area contributed by atoms with Gasteiger partial charge in [0.1, 0.15) is 11.0 Å². The fourth-order valence-electron chi connectivity index (χ4n) is 1.28. The van der Waals surface area contributed by atoms with Gasteiger partial charge in [-0.1, -0.05) is 5.21 Å². The zero-order chi connectivity index (χ0) is 11.0. The van der Waals surface area contributed by atoms with Crippen LogP contribution in [0.2, 0.25) is 0 Å². The van der Waals surface area contributed by atoms with Gasteiger partial charge in [0.15, 0.2) is 5.69 Å². The minimum atomic E-state index is -1.05. The van der Waals surface area contributed by atoms with Gasteiger partial charge >= 0.3 is 0 Å². The Labute approximate surface area is 84.1 Å². The zero-order valence-electron chi connectivity index (χ0n) is 7.84. The van der Waals surface area contributed by atoms with E-state index >= 15 is 0 Å². The second-order valence-electron chi connectivity index (χ2n) is 3.03. The van der Waals surface area contributed by atoms with Crippen LogP contribution in [0.5, 0.6) is 0 Å². The van der Waals surface area contributed by atoms with Crippen molar-refractivity contribution in [1.29, 1.82) is 0 Å². The molecule has 1 unspecified atom stereocenters. The first-order valence-corrected chi connectivity index (χ1v) is 4.19. The summed E-state index contributed by atoms with van der Waals surface area (Å²) in [5.74, 6) is -0.306. The summed E-state index contributed by atoms with van der Waals surface area (Å²) in [5, 5.41) is 25.8. The van der Waals surface area contributed by atoms with Gasteiger partial charge in [-0.15, -0.1) is 5.10 Å². The van der Waals surface area contributed by atoms with Gasteiger partial charge in [0.25, 0.3) is 0 Å². The molecule has 15 heavy (non-hydrogen) atoms. The average molecular weight is 208 g/mol. The number of carbonyl (C=O) groups excluding carboxylic acids is 1. The zero-order valence-corrected chi connectivity index (χ0v) is 7.84. The van der Waals surface area contributed by atoms with E-state index in [1.807, 2.05) is 0 Å². The summed E-state index contributed by atoms with van der Waals surface area (Å²) in [6.45, 7) is 1.33. The highest BCUT2D eigenvalue weighted by molar-refractivity contribution is 5.88. The molecule has 1 aromatic heterocycles. The van der Waals surface area contributed by atoms with E-state index < -0.39 is 5.23 Å². The largest absolute Gasteiger partial charge is 0.595 e. The van der Waals surface area contributed by atoms with E-state index in [1.165, 1.54) is 25.1 Å². The summed E-state index contributed by atoms with van der Waals surface area (Å²) in [6, 6.07) is 4.31. The third-order valence-electron chi connectivity index (χ3n) is 1.99. The lowest BCUT2D eigenvalue weighted by Crippen LogP contribution is -2.99. The number of carbonyl (C=O) groups is 1. The standard InChI is InChI=1S/C8H8N4O3/c1-5(13)11-8-4-6(12(14)15)2-3-7(8)9-10-11/h2-4,12,14H,1H3. The molecule has 1 atom stereocenters. The Morgan fingerprint density at radius 2 is 2.33 bits per heavy atom. The number of hydrogen-bond donors (Lipinski definition) is 2. The van der Waals surface area contributed by atoms with Crippen molar-refractivity contribution in [2.45, 2.75) is 6.92 Å². The van der Waals surface area contributed by atoms with Gasteiger partial charge in [-0.25, -0.2) is 5.21 Å². The lowest BCUT2D eigenvalue weighted by atomic mass is 10.3. The average Bonchev–Trinajstić information content (AvgIpc) is 2.59. The van der Waals surface area contributed by atoms with E-state index in [9.17, 15) is 10.0 Å². The third kappa shape index (κ3) is 1.59. The molecule has 0 fully saturated rings. The quantitative estimate of drug-likeness (QED) is 0.615. The van der Waals surface area contributed by atoms with Crippen molar-refractivity contribution in [3.63, 3.8) is 0 Å². The molecule has 0 bridgehead atoms. The molecule has 2 N–H and O–H groups in total. The van der Waals surface area contributed by atoms with E-state index in [4.69, 9.17) is 5.21 Å². The Balaban J connectivity index is 2.66. The van der Waals surface area contributed by atoms with Crippen LogP contribution in [0.3, 0.4) is 0 Å². The number of benzene rings is 1. The molecule has 7 heteroatoms. The Hall–Kier alpha value is -1.83. The summed E-state index contributed by atoms with van der Waals surface area (Å²) in [7, 11) is 0. The van der Waals surface area contributed by atoms with Crippen molar-refractivity contribution in [2.24, 2.45) is 0 Å². The van der Waals surface area contributed by atoms with Crippen molar-refractivity contribution < 1.29 is 15.2 Å².